The second-order valence-corrected chi connectivity index (χ2v) is 7.31. The van der Waals surface area contributed by atoms with E-state index in [2.05, 4.69) is 22.9 Å². The Balaban J connectivity index is 0. The highest BCUT2D eigenvalue weighted by Gasteiger charge is 2.16. The zero-order valence-electron chi connectivity index (χ0n) is 20.4. The Labute approximate surface area is 198 Å². The van der Waals surface area contributed by atoms with Gasteiger partial charge in [-0.2, -0.15) is 0 Å². The molecule has 1 atom stereocenters. The fourth-order valence-electron chi connectivity index (χ4n) is 2.50. The monoisotopic (exact) mass is 475 g/mol. The van der Waals surface area contributed by atoms with E-state index in [4.69, 9.17) is 20.9 Å². The first-order valence-electron chi connectivity index (χ1n) is 11.7. The summed E-state index contributed by atoms with van der Waals surface area (Å²) in [4.78, 5) is 43.2. The maximum Gasteiger partial charge on any atom is 0.240 e. The summed E-state index contributed by atoms with van der Waals surface area (Å²) in [5.41, 5.74) is 10.3. The van der Waals surface area contributed by atoms with Gasteiger partial charge in [0, 0.05) is 19.4 Å². The molecule has 0 rings (SSSR count). The maximum absolute atomic E-state index is 11.3. The molecule has 0 aliphatic rings. The summed E-state index contributed by atoms with van der Waals surface area (Å²) in [6.07, 6.45) is 7.30. The van der Waals surface area contributed by atoms with Crippen molar-refractivity contribution < 1.29 is 28.7 Å². The molecule has 0 saturated heterocycles. The number of nitrogens with one attached hydrogen (secondary N) is 3. The first-order valence-corrected chi connectivity index (χ1v) is 11.7. The topological polar surface area (TPSA) is 175 Å². The van der Waals surface area contributed by atoms with Crippen molar-refractivity contribution in [2.45, 2.75) is 64.3 Å². The largest absolute Gasteiger partial charge is 0.379 e. The van der Waals surface area contributed by atoms with Gasteiger partial charge in [-0.1, -0.05) is 19.8 Å². The summed E-state index contributed by atoms with van der Waals surface area (Å²) in [6.45, 7) is 5.42. The molecule has 3 amide bonds. The highest BCUT2D eigenvalue weighted by atomic mass is 16.5. The molecule has 0 bridgehead atoms. The Morgan fingerprint density at radius 2 is 1.61 bits per heavy atom. The predicted molar refractivity (Wildman–Crippen MR) is 127 cm³/mol. The van der Waals surface area contributed by atoms with Gasteiger partial charge in [-0.05, 0) is 39.3 Å². The molecule has 0 aliphatic carbocycles. The minimum atomic E-state index is -0.599. The van der Waals surface area contributed by atoms with Crippen LogP contribution in [-0.4, -0.2) is 83.2 Å². The van der Waals surface area contributed by atoms with Crippen molar-refractivity contribution in [3.05, 3.63) is 0 Å². The number of unbranched alkanes of at least 4 members (excludes halogenated alkanes) is 3. The van der Waals surface area contributed by atoms with E-state index in [-0.39, 0.29) is 18.4 Å². The number of nitrogens with two attached hydrogens (primary N) is 2. The molecule has 7 N–H and O–H groups in total. The Kier molecular flexibility index (Phi) is 26.3. The van der Waals surface area contributed by atoms with Gasteiger partial charge in [-0.15, -0.1) is 0 Å². The molecule has 0 aromatic carbocycles. The van der Waals surface area contributed by atoms with E-state index in [0.29, 0.717) is 45.7 Å². The van der Waals surface area contributed by atoms with Crippen LogP contribution in [-0.2, 0) is 28.7 Å². The summed E-state index contributed by atoms with van der Waals surface area (Å²) in [5.74, 6) is -0.832. The van der Waals surface area contributed by atoms with Crippen LogP contribution in [0.1, 0.15) is 58.3 Å². The molecule has 194 valence electrons. The molecular formula is C22H45N5O6. The number of rotatable bonds is 21. The molecule has 0 aliphatic heterocycles. The molecule has 33 heavy (non-hydrogen) atoms. The summed E-state index contributed by atoms with van der Waals surface area (Å²) in [5, 5.41) is 8.33. The van der Waals surface area contributed by atoms with Crippen LogP contribution in [0.5, 0.6) is 0 Å². The highest BCUT2D eigenvalue weighted by molar-refractivity contribution is 5.87. The molecule has 0 radical (unpaired) electrons. The zero-order chi connectivity index (χ0) is 25.2. The number of primary amides is 1. The number of carbonyl (C=O) groups is 4. The summed E-state index contributed by atoms with van der Waals surface area (Å²) < 4.78 is 10.4. The van der Waals surface area contributed by atoms with E-state index in [9.17, 15) is 19.2 Å². The second-order valence-electron chi connectivity index (χ2n) is 7.31. The van der Waals surface area contributed by atoms with Crippen molar-refractivity contribution >= 4 is 24.0 Å². The summed E-state index contributed by atoms with van der Waals surface area (Å²) in [7, 11) is 1.86. The Morgan fingerprint density at radius 1 is 0.939 bits per heavy atom. The Bertz CT molecular complexity index is 508. The number of aldehydes is 1. The van der Waals surface area contributed by atoms with Crippen LogP contribution in [0.25, 0.3) is 0 Å². The quantitative estimate of drug-likeness (QED) is 0.110. The van der Waals surface area contributed by atoms with E-state index in [1.807, 2.05) is 7.05 Å². The van der Waals surface area contributed by atoms with Crippen molar-refractivity contribution in [2.24, 2.45) is 11.5 Å². The average molecular weight is 476 g/mol. The third-order valence-corrected chi connectivity index (χ3v) is 4.36. The molecule has 0 aromatic heterocycles. The van der Waals surface area contributed by atoms with E-state index < -0.39 is 11.9 Å². The van der Waals surface area contributed by atoms with E-state index in [1.54, 1.807) is 0 Å². The van der Waals surface area contributed by atoms with Crippen molar-refractivity contribution in [1.82, 2.24) is 16.0 Å². The number of hydrogen-bond acceptors (Lipinski definition) is 8. The molecule has 11 nitrogen and oxygen atoms in total. The smallest absolute Gasteiger partial charge is 0.240 e. The number of hydrogen-bond donors (Lipinski definition) is 5. The van der Waals surface area contributed by atoms with Crippen molar-refractivity contribution in [3.63, 3.8) is 0 Å². The number of carbonyl (C=O) groups excluding carboxylic acids is 4. The minimum absolute atomic E-state index is 0.0352. The van der Waals surface area contributed by atoms with Gasteiger partial charge in [-0.25, -0.2) is 0 Å². The molecule has 0 fully saturated rings. The maximum atomic E-state index is 11.3. The minimum Gasteiger partial charge on any atom is -0.379 e. The van der Waals surface area contributed by atoms with Gasteiger partial charge in [0.15, 0.2) is 0 Å². The lowest BCUT2D eigenvalue weighted by Gasteiger charge is -2.14. The molecule has 1 unspecified atom stereocenters. The first-order chi connectivity index (χ1) is 15.9. The fourth-order valence-corrected chi connectivity index (χ4v) is 2.50. The van der Waals surface area contributed by atoms with Gasteiger partial charge >= 0.3 is 0 Å². The Morgan fingerprint density at radius 3 is 2.18 bits per heavy atom. The number of amides is 3. The Hall–Kier alpha value is -2.08. The van der Waals surface area contributed by atoms with E-state index >= 15 is 0 Å². The van der Waals surface area contributed by atoms with Crippen molar-refractivity contribution in [3.8, 4) is 0 Å². The third-order valence-electron chi connectivity index (χ3n) is 4.36. The van der Waals surface area contributed by atoms with Crippen LogP contribution in [0.3, 0.4) is 0 Å². The van der Waals surface area contributed by atoms with Crippen LogP contribution >= 0.6 is 0 Å². The predicted octanol–water partition coefficient (Wildman–Crippen LogP) is -0.390. The van der Waals surface area contributed by atoms with E-state index in [0.717, 1.165) is 51.5 Å². The molecule has 11 heteroatoms. The van der Waals surface area contributed by atoms with Gasteiger partial charge in [0.25, 0.3) is 0 Å². The average Bonchev–Trinajstić information content (AvgIpc) is 2.80. The molecule has 0 spiro atoms. The van der Waals surface area contributed by atoms with E-state index in [1.165, 1.54) is 0 Å². The SMILES string of the molecule is CCCCCNC(=O)CCOCCOCCC=O.CNCCCCC(NC(=O)CN)C(N)=O. The zero-order valence-corrected chi connectivity index (χ0v) is 20.4. The lowest BCUT2D eigenvalue weighted by molar-refractivity contribution is -0.126. The first kappa shape index (κ1) is 33.1. The number of ether oxygens (including phenoxy) is 2. The van der Waals surface area contributed by atoms with Crippen molar-refractivity contribution in [2.75, 3.05) is 53.1 Å². The van der Waals surface area contributed by atoms with Crippen LogP contribution in [0, 0.1) is 0 Å². The molecular weight excluding hydrogens is 430 g/mol. The standard InChI is InChI=1S/C13H25NO4.C9H20N4O2/c1-2-3-4-7-14-13(16)6-10-18-12-11-17-9-5-8-15;1-12-5-3-2-4-7(9(11)15)13-8(14)6-10/h8H,2-7,9-12H2,1H3,(H,14,16);7,12H,2-6,10H2,1H3,(H2,11,15)(H,13,14). The van der Waals surface area contributed by atoms with Crippen molar-refractivity contribution in [1.29, 1.82) is 0 Å². The lowest BCUT2D eigenvalue weighted by atomic mass is 10.1. The molecule has 0 saturated carbocycles. The van der Waals surface area contributed by atoms with Crippen LogP contribution in [0.2, 0.25) is 0 Å². The van der Waals surface area contributed by atoms with Gasteiger partial charge < -0.3 is 41.7 Å². The summed E-state index contributed by atoms with van der Waals surface area (Å²) in [6, 6.07) is -0.599. The molecule has 0 aromatic rings. The van der Waals surface area contributed by atoms with Gasteiger partial charge in [0.1, 0.15) is 12.3 Å². The van der Waals surface area contributed by atoms with Gasteiger partial charge in [0.05, 0.1) is 33.0 Å². The fraction of sp³-hybridized carbons (Fsp3) is 0.818. The van der Waals surface area contributed by atoms with Crippen LogP contribution in [0.4, 0.5) is 0 Å². The van der Waals surface area contributed by atoms with Gasteiger partial charge in [-0.3, -0.25) is 14.4 Å². The second kappa shape index (κ2) is 26.2. The van der Waals surface area contributed by atoms with Crippen LogP contribution < -0.4 is 27.4 Å². The third kappa shape index (κ3) is 26.1. The van der Waals surface area contributed by atoms with Gasteiger partial charge in [0.2, 0.25) is 17.7 Å². The highest BCUT2D eigenvalue weighted by Crippen LogP contribution is 2.00. The summed E-state index contributed by atoms with van der Waals surface area (Å²) >= 11 is 0. The van der Waals surface area contributed by atoms with Crippen LogP contribution in [0.15, 0.2) is 0 Å². The molecule has 0 heterocycles. The normalized spacial score (nSPS) is 11.1. The lowest BCUT2D eigenvalue weighted by Crippen LogP contribution is -2.46.